The lowest BCUT2D eigenvalue weighted by molar-refractivity contribution is 1.20. The second-order valence-corrected chi connectivity index (χ2v) is 2.72. The molecule has 0 atom stereocenters. The number of halogens is 1. The number of fused-ring (bicyclic) bond motifs is 1. The van der Waals surface area contributed by atoms with Crippen molar-refractivity contribution in [2.24, 2.45) is 0 Å². The Bertz CT molecular complexity index is 398. The lowest BCUT2D eigenvalue weighted by Crippen LogP contribution is -1.98. The van der Waals surface area contributed by atoms with E-state index in [9.17, 15) is 0 Å². The van der Waals surface area contributed by atoms with E-state index in [0.717, 1.165) is 16.5 Å². The van der Waals surface area contributed by atoms with Crippen LogP contribution in [0.15, 0.2) is 12.5 Å². The Hall–Kier alpha value is -1.03. The fourth-order valence-electron chi connectivity index (χ4n) is 1.07. The number of rotatable bonds is 0. The highest BCUT2D eigenvalue weighted by atomic mass is 35.5. The molecule has 2 aromatic rings. The molecule has 0 aliphatic heterocycles. The van der Waals surface area contributed by atoms with Crippen LogP contribution in [-0.2, 0) is 0 Å². The summed E-state index contributed by atoms with van der Waals surface area (Å²) in [6.07, 6.45) is 3.31. The van der Waals surface area contributed by atoms with Crippen LogP contribution in [0.1, 0.15) is 0 Å². The summed E-state index contributed by atoms with van der Waals surface area (Å²) in [5.74, 6) is 0. The summed E-state index contributed by atoms with van der Waals surface area (Å²) < 4.78 is 0. The third-order valence-corrected chi connectivity index (χ3v) is 1.91. The molecule has 1 N–H and O–H groups in total. The van der Waals surface area contributed by atoms with E-state index in [1.165, 1.54) is 6.33 Å². The average Bonchev–Trinajstić information content (AvgIpc) is 2.34. The molecule has 0 fully saturated rings. The van der Waals surface area contributed by atoms with Crippen molar-refractivity contribution >= 4 is 35.9 Å². The minimum absolute atomic E-state index is 0.508. The Labute approximate surface area is 69.2 Å². The Morgan fingerprint density at radius 1 is 1.45 bits per heavy atom. The summed E-state index contributed by atoms with van der Waals surface area (Å²) in [5.41, 5.74) is 1.87. The zero-order valence-electron chi connectivity index (χ0n) is 5.93. The summed E-state index contributed by atoms with van der Waals surface area (Å²) in [7, 11) is 1.97. The van der Waals surface area contributed by atoms with Crippen LogP contribution in [0.4, 0.5) is 0 Å². The fourth-order valence-corrected chi connectivity index (χ4v) is 1.35. The molecule has 2 rings (SSSR count). The van der Waals surface area contributed by atoms with Crippen LogP contribution in [-0.4, -0.2) is 22.8 Å². The van der Waals surface area contributed by atoms with Crippen LogP contribution in [0.3, 0.4) is 0 Å². The van der Waals surface area contributed by atoms with Crippen molar-refractivity contribution in [3.05, 3.63) is 17.7 Å². The topological polar surface area (TPSA) is 41.6 Å². The fraction of sp³-hybridized carbons (Fsp3) is 0. The van der Waals surface area contributed by atoms with Crippen molar-refractivity contribution in [2.75, 3.05) is 0 Å². The molecule has 2 aromatic heterocycles. The molecule has 0 aliphatic rings. The summed E-state index contributed by atoms with van der Waals surface area (Å²) in [6.45, 7) is 0. The maximum atomic E-state index is 5.83. The first-order chi connectivity index (χ1) is 5.29. The number of nitrogens with zero attached hydrogens (tertiary/aromatic N) is 2. The molecular formula is C6H5BClN3. The quantitative estimate of drug-likeness (QED) is 0.436. The minimum atomic E-state index is 0.508. The van der Waals surface area contributed by atoms with Gasteiger partial charge in [-0.3, -0.25) is 0 Å². The molecule has 0 saturated heterocycles. The molecule has 0 spiro atoms. The second-order valence-electron chi connectivity index (χ2n) is 2.36. The van der Waals surface area contributed by atoms with Crippen LogP contribution in [0, 0.1) is 0 Å². The average molecular weight is 165 g/mol. The van der Waals surface area contributed by atoms with Gasteiger partial charge in [-0.2, -0.15) is 0 Å². The van der Waals surface area contributed by atoms with E-state index in [0.29, 0.717) is 5.15 Å². The van der Waals surface area contributed by atoms with E-state index < -0.39 is 0 Å². The van der Waals surface area contributed by atoms with Crippen LogP contribution < -0.4 is 5.46 Å². The highest BCUT2D eigenvalue weighted by molar-refractivity contribution is 6.44. The molecule has 0 aromatic carbocycles. The van der Waals surface area contributed by atoms with Crippen molar-refractivity contribution in [3.63, 3.8) is 0 Å². The van der Waals surface area contributed by atoms with Gasteiger partial charge in [-0.25, -0.2) is 9.97 Å². The summed E-state index contributed by atoms with van der Waals surface area (Å²) in [5, 5.41) is 1.42. The van der Waals surface area contributed by atoms with Crippen LogP contribution in [0.5, 0.6) is 0 Å². The van der Waals surface area contributed by atoms with Gasteiger partial charge >= 0.3 is 0 Å². The van der Waals surface area contributed by atoms with Crippen LogP contribution in [0.25, 0.3) is 11.0 Å². The number of hydrogen-bond donors (Lipinski definition) is 1. The first kappa shape index (κ1) is 6.67. The number of nitrogens with one attached hydrogen (secondary N) is 1. The molecule has 5 heteroatoms. The van der Waals surface area contributed by atoms with Gasteiger partial charge in [0.15, 0.2) is 0 Å². The van der Waals surface area contributed by atoms with E-state index >= 15 is 0 Å². The van der Waals surface area contributed by atoms with E-state index in [1.807, 2.05) is 14.0 Å². The van der Waals surface area contributed by atoms with E-state index in [4.69, 9.17) is 11.6 Å². The number of hydrogen-bond acceptors (Lipinski definition) is 2. The smallest absolute Gasteiger partial charge is 0.142 e. The predicted molar refractivity (Wildman–Crippen MR) is 47.1 cm³/mol. The highest BCUT2D eigenvalue weighted by Gasteiger charge is 2.04. The van der Waals surface area contributed by atoms with Crippen LogP contribution >= 0.6 is 11.6 Å². The number of aromatic nitrogens is 3. The van der Waals surface area contributed by atoms with E-state index in [1.54, 1.807) is 0 Å². The van der Waals surface area contributed by atoms with E-state index in [-0.39, 0.29) is 0 Å². The Balaban J connectivity index is 2.96. The molecule has 0 unspecified atom stereocenters. The molecule has 0 aliphatic carbocycles. The molecular weight excluding hydrogens is 160 g/mol. The van der Waals surface area contributed by atoms with Gasteiger partial charge < -0.3 is 4.98 Å². The zero-order chi connectivity index (χ0) is 7.84. The van der Waals surface area contributed by atoms with Gasteiger partial charge in [0.2, 0.25) is 0 Å². The molecule has 3 nitrogen and oxygen atoms in total. The zero-order valence-corrected chi connectivity index (χ0v) is 6.68. The normalized spacial score (nSPS) is 10.6. The molecule has 0 radical (unpaired) electrons. The molecule has 0 amide bonds. The second kappa shape index (κ2) is 2.24. The predicted octanol–water partition coefficient (Wildman–Crippen LogP) is -0.130. The highest BCUT2D eigenvalue weighted by Crippen LogP contribution is 2.14. The van der Waals surface area contributed by atoms with Gasteiger partial charge in [-0.15, -0.1) is 0 Å². The van der Waals surface area contributed by atoms with Crippen molar-refractivity contribution in [2.45, 2.75) is 0 Å². The van der Waals surface area contributed by atoms with Crippen molar-refractivity contribution < 1.29 is 0 Å². The van der Waals surface area contributed by atoms with E-state index in [2.05, 4.69) is 15.0 Å². The maximum absolute atomic E-state index is 5.83. The third-order valence-electron chi connectivity index (χ3n) is 1.62. The summed E-state index contributed by atoms with van der Waals surface area (Å²) in [6, 6.07) is 0. The van der Waals surface area contributed by atoms with Gasteiger partial charge in [0.1, 0.15) is 25.0 Å². The third kappa shape index (κ3) is 0.904. The SMILES string of the molecule is Bc1c[nH]c2ncnc(Cl)c12. The Morgan fingerprint density at radius 2 is 2.27 bits per heavy atom. The first-order valence-corrected chi connectivity index (χ1v) is 3.61. The minimum Gasteiger partial charge on any atom is -0.347 e. The first-order valence-electron chi connectivity index (χ1n) is 3.23. The van der Waals surface area contributed by atoms with Gasteiger partial charge in [0.05, 0.1) is 0 Å². The lowest BCUT2D eigenvalue weighted by Gasteiger charge is -1.91. The van der Waals surface area contributed by atoms with Crippen molar-refractivity contribution in [1.29, 1.82) is 0 Å². The molecule has 0 saturated carbocycles. The van der Waals surface area contributed by atoms with Crippen molar-refractivity contribution in [3.8, 4) is 0 Å². The van der Waals surface area contributed by atoms with Crippen molar-refractivity contribution in [1.82, 2.24) is 15.0 Å². The Kier molecular flexibility index (Phi) is 1.36. The largest absolute Gasteiger partial charge is 0.347 e. The van der Waals surface area contributed by atoms with Gasteiger partial charge in [-0.1, -0.05) is 17.1 Å². The van der Waals surface area contributed by atoms with Crippen LogP contribution in [0.2, 0.25) is 5.15 Å². The van der Waals surface area contributed by atoms with Gasteiger partial charge in [0, 0.05) is 5.39 Å². The van der Waals surface area contributed by atoms with Gasteiger partial charge in [-0.05, 0) is 6.20 Å². The van der Waals surface area contributed by atoms with Gasteiger partial charge in [0.25, 0.3) is 0 Å². The maximum Gasteiger partial charge on any atom is 0.142 e. The molecule has 2 heterocycles. The lowest BCUT2D eigenvalue weighted by atomic mass is 9.98. The molecule has 11 heavy (non-hydrogen) atoms. The molecule has 54 valence electrons. The molecule has 0 bridgehead atoms. The summed E-state index contributed by atoms with van der Waals surface area (Å²) in [4.78, 5) is 10.9. The Morgan fingerprint density at radius 3 is 3.00 bits per heavy atom. The number of H-pyrrole nitrogens is 1. The monoisotopic (exact) mass is 165 g/mol. The summed E-state index contributed by atoms with van der Waals surface area (Å²) >= 11 is 5.83. The number of aromatic amines is 1. The standard InChI is InChI=1S/C6H5BClN3/c7-3-1-9-6-4(3)5(8)10-2-11-6/h1-2H,7H2,(H,9,10,11).